The van der Waals surface area contributed by atoms with Crippen molar-refractivity contribution >= 4 is 29.5 Å². The van der Waals surface area contributed by atoms with Gasteiger partial charge in [-0.25, -0.2) is 4.79 Å². The summed E-state index contributed by atoms with van der Waals surface area (Å²) in [6, 6.07) is 16.0. The molecule has 3 rings (SSSR count). The van der Waals surface area contributed by atoms with Crippen LogP contribution in [0.15, 0.2) is 59.5 Å². The van der Waals surface area contributed by atoms with Gasteiger partial charge in [0.05, 0.1) is 11.1 Å². The lowest BCUT2D eigenvalue weighted by atomic mass is 9.89. The Bertz CT molecular complexity index is 1000. The van der Waals surface area contributed by atoms with Crippen molar-refractivity contribution in [3.05, 3.63) is 81.8 Å². The Balaban J connectivity index is 1.69. The number of hydrogen-bond donors (Lipinski definition) is 4. The Kier molecular flexibility index (Phi) is 8.93. The highest BCUT2D eigenvalue weighted by Crippen LogP contribution is 2.45. The summed E-state index contributed by atoms with van der Waals surface area (Å²) in [6.07, 6.45) is 3.55. The first-order valence-electron chi connectivity index (χ1n) is 11.6. The van der Waals surface area contributed by atoms with E-state index in [4.69, 9.17) is 5.41 Å². The maximum absolute atomic E-state index is 13.0. The second-order valence-electron chi connectivity index (χ2n) is 8.80. The number of thioether (sulfide) groups is 1. The van der Waals surface area contributed by atoms with Crippen molar-refractivity contribution in [2.75, 3.05) is 6.54 Å². The van der Waals surface area contributed by atoms with Crippen molar-refractivity contribution in [3.63, 3.8) is 0 Å². The number of hydrogen-bond acceptors (Lipinski definition) is 4. The molecule has 0 aromatic heterocycles. The second-order valence-corrected chi connectivity index (χ2v) is 10.1. The number of aliphatic carboxylic acids is 1. The third-order valence-electron chi connectivity index (χ3n) is 5.88. The van der Waals surface area contributed by atoms with Crippen LogP contribution >= 0.6 is 11.8 Å². The smallest absolute Gasteiger partial charge is 0.326 e. The predicted octanol–water partition coefficient (Wildman–Crippen LogP) is 4.76. The van der Waals surface area contributed by atoms with Crippen LogP contribution in [0.2, 0.25) is 0 Å². The molecule has 0 bridgehead atoms. The molecule has 0 spiro atoms. The minimum atomic E-state index is -1.03. The van der Waals surface area contributed by atoms with Crippen molar-refractivity contribution in [2.24, 2.45) is 0 Å². The van der Waals surface area contributed by atoms with E-state index in [0.29, 0.717) is 31.6 Å². The third kappa shape index (κ3) is 6.97. The van der Waals surface area contributed by atoms with Crippen molar-refractivity contribution in [3.8, 4) is 0 Å². The van der Waals surface area contributed by atoms with Gasteiger partial charge in [-0.1, -0.05) is 65.7 Å². The highest BCUT2D eigenvalue weighted by Gasteiger charge is 2.32. The number of amidine groups is 1. The van der Waals surface area contributed by atoms with Gasteiger partial charge in [0.1, 0.15) is 6.04 Å². The van der Waals surface area contributed by atoms with Gasteiger partial charge in [-0.2, -0.15) is 0 Å². The fraction of sp³-hybridized carbons (Fsp3) is 0.370. The van der Waals surface area contributed by atoms with Crippen LogP contribution in [0.1, 0.15) is 54.4 Å². The van der Waals surface area contributed by atoms with Gasteiger partial charge >= 0.3 is 5.97 Å². The van der Waals surface area contributed by atoms with Crippen molar-refractivity contribution in [1.29, 1.82) is 5.41 Å². The summed E-state index contributed by atoms with van der Waals surface area (Å²) in [5.74, 6) is -0.900. The van der Waals surface area contributed by atoms with Crippen molar-refractivity contribution in [2.45, 2.75) is 57.2 Å². The molecule has 2 aromatic rings. The van der Waals surface area contributed by atoms with E-state index in [1.807, 2.05) is 0 Å². The molecule has 2 aromatic carbocycles. The van der Waals surface area contributed by atoms with Gasteiger partial charge in [0.25, 0.3) is 0 Å². The molecule has 1 amide bonds. The lowest BCUT2D eigenvalue weighted by molar-refractivity contribution is -0.141. The van der Waals surface area contributed by atoms with E-state index in [9.17, 15) is 14.7 Å². The molecule has 0 fully saturated rings. The highest BCUT2D eigenvalue weighted by molar-refractivity contribution is 8.04. The summed E-state index contributed by atoms with van der Waals surface area (Å²) in [7, 11) is 0. The zero-order chi connectivity index (χ0) is 24.7. The van der Waals surface area contributed by atoms with Crippen LogP contribution in [0.4, 0.5) is 0 Å². The van der Waals surface area contributed by atoms with Gasteiger partial charge in [0.2, 0.25) is 5.91 Å². The van der Waals surface area contributed by atoms with Gasteiger partial charge in [0, 0.05) is 12.5 Å². The minimum Gasteiger partial charge on any atom is -0.480 e. The quantitative estimate of drug-likeness (QED) is 0.224. The first-order valence-corrected chi connectivity index (χ1v) is 12.4. The Hall–Kier alpha value is -3.06. The first kappa shape index (κ1) is 25.6. The predicted molar refractivity (Wildman–Crippen MR) is 138 cm³/mol. The third-order valence-corrected chi connectivity index (χ3v) is 7.25. The number of nitrogens with one attached hydrogen (secondary N) is 3. The van der Waals surface area contributed by atoms with E-state index in [-0.39, 0.29) is 17.1 Å². The van der Waals surface area contributed by atoms with Crippen LogP contribution in [-0.2, 0) is 9.59 Å². The van der Waals surface area contributed by atoms with Crippen LogP contribution in [0.5, 0.6) is 0 Å². The number of carboxylic acids is 1. The molecular weight excluding hydrogens is 446 g/mol. The second kappa shape index (κ2) is 11.9. The maximum Gasteiger partial charge on any atom is 0.326 e. The van der Waals surface area contributed by atoms with E-state index in [1.54, 1.807) is 6.92 Å². The molecule has 1 aliphatic heterocycles. The lowest BCUT2D eigenvalue weighted by Gasteiger charge is -2.22. The molecule has 1 heterocycles. The fourth-order valence-corrected chi connectivity index (χ4v) is 5.27. The molecule has 7 heteroatoms. The van der Waals surface area contributed by atoms with Crippen LogP contribution in [0, 0.1) is 19.3 Å². The monoisotopic (exact) mass is 479 g/mol. The molecule has 0 radical (unpaired) electrons. The molecular formula is C27H33N3O3S. The number of allylic oxidation sites excluding steroid dienone is 2. The van der Waals surface area contributed by atoms with Gasteiger partial charge < -0.3 is 15.7 Å². The summed E-state index contributed by atoms with van der Waals surface area (Å²) >= 11 is 1.53. The molecule has 180 valence electrons. The van der Waals surface area contributed by atoms with E-state index >= 15 is 0 Å². The standard InChI is InChI=1S/C27H33N3O3S/c1-17-6-10-20(11-7-17)25(21-12-8-18(2)9-13-21)23-14-15-24(34-23)26(31)30-22(27(32)33)5-4-16-29-19(3)28/h6-14,22,24-25H,4-5,15-16H2,1-3H3,(H2,28,29)(H,30,31)(H,32,33)/t22-,24?/m0/s1. The highest BCUT2D eigenvalue weighted by atomic mass is 32.2. The van der Waals surface area contributed by atoms with E-state index in [2.05, 4.69) is 79.1 Å². The number of rotatable bonds is 10. The average molecular weight is 480 g/mol. The number of benzene rings is 2. The zero-order valence-corrected chi connectivity index (χ0v) is 20.7. The molecule has 0 saturated heterocycles. The van der Waals surface area contributed by atoms with Gasteiger partial charge in [0.15, 0.2) is 0 Å². The topological polar surface area (TPSA) is 102 Å². The first-order chi connectivity index (χ1) is 16.2. The van der Waals surface area contributed by atoms with E-state index < -0.39 is 12.0 Å². The van der Waals surface area contributed by atoms with E-state index in [1.165, 1.54) is 34.0 Å². The van der Waals surface area contributed by atoms with Gasteiger partial charge in [-0.05, 0) is 56.1 Å². The molecule has 6 nitrogen and oxygen atoms in total. The molecule has 34 heavy (non-hydrogen) atoms. The largest absolute Gasteiger partial charge is 0.480 e. The average Bonchev–Trinajstić information content (AvgIpc) is 3.28. The van der Waals surface area contributed by atoms with Crippen LogP contribution in [0.25, 0.3) is 0 Å². The molecule has 4 N–H and O–H groups in total. The zero-order valence-electron chi connectivity index (χ0n) is 19.9. The maximum atomic E-state index is 13.0. The van der Waals surface area contributed by atoms with Crippen LogP contribution in [-0.4, -0.2) is 40.7 Å². The fourth-order valence-electron chi connectivity index (χ4n) is 3.97. The Morgan fingerprint density at radius 1 is 1.06 bits per heavy atom. The van der Waals surface area contributed by atoms with Gasteiger partial charge in [-0.3, -0.25) is 10.2 Å². The summed E-state index contributed by atoms with van der Waals surface area (Å²) in [4.78, 5) is 25.7. The Morgan fingerprint density at radius 2 is 1.62 bits per heavy atom. The number of carbonyl (C=O) groups is 2. The summed E-state index contributed by atoms with van der Waals surface area (Å²) in [5, 5.41) is 22.2. The van der Waals surface area contributed by atoms with E-state index in [0.717, 1.165) is 4.91 Å². The van der Waals surface area contributed by atoms with Gasteiger partial charge in [-0.15, -0.1) is 11.8 Å². The number of carbonyl (C=O) groups excluding carboxylic acids is 1. The molecule has 1 unspecified atom stereocenters. The number of aryl methyl sites for hydroxylation is 2. The minimum absolute atomic E-state index is 0.0368. The summed E-state index contributed by atoms with van der Waals surface area (Å²) < 4.78 is 0. The van der Waals surface area contributed by atoms with Crippen molar-refractivity contribution < 1.29 is 14.7 Å². The van der Waals surface area contributed by atoms with Crippen molar-refractivity contribution in [1.82, 2.24) is 10.6 Å². The molecule has 0 saturated carbocycles. The summed E-state index contributed by atoms with van der Waals surface area (Å²) in [5.41, 5.74) is 4.74. The Labute approximate surface area is 205 Å². The number of carboxylic acid groups (broad SMARTS) is 1. The summed E-state index contributed by atoms with van der Waals surface area (Å²) in [6.45, 7) is 6.28. The van der Waals surface area contributed by atoms with Crippen LogP contribution < -0.4 is 10.6 Å². The SMILES string of the molecule is CC(=N)NCCC[C@H](NC(=O)C1CC=C(C(c2ccc(C)cc2)c2ccc(C)cc2)S1)C(=O)O. The molecule has 1 aliphatic rings. The number of amides is 1. The Morgan fingerprint density at radius 3 is 2.12 bits per heavy atom. The molecule has 2 atom stereocenters. The normalized spacial score (nSPS) is 16.1. The molecule has 0 aliphatic carbocycles. The van der Waals surface area contributed by atoms with Crippen LogP contribution in [0.3, 0.4) is 0 Å². The lowest BCUT2D eigenvalue weighted by Crippen LogP contribution is -2.44.